The molecule has 0 unspecified atom stereocenters. The molecule has 0 saturated heterocycles. The molecule has 2 aromatic carbocycles. The lowest BCUT2D eigenvalue weighted by Crippen LogP contribution is -2.25. The van der Waals surface area contributed by atoms with Gasteiger partial charge in [-0.1, -0.05) is 6.58 Å². The van der Waals surface area contributed by atoms with Crippen LogP contribution in [0.3, 0.4) is 0 Å². The molecule has 0 spiro atoms. The van der Waals surface area contributed by atoms with Crippen LogP contribution in [0.4, 0.5) is 41.2 Å². The average molecular weight is 488 g/mol. The second-order valence-electron chi connectivity index (χ2n) is 8.13. The summed E-state index contributed by atoms with van der Waals surface area (Å²) < 4.78 is 99.1. The minimum atomic E-state index is -5.07. The summed E-state index contributed by atoms with van der Waals surface area (Å²) in [5, 5.41) is 2.40. The van der Waals surface area contributed by atoms with Crippen molar-refractivity contribution in [3.05, 3.63) is 77.9 Å². The number of benzene rings is 2. The molecule has 0 aliphatic rings. The van der Waals surface area contributed by atoms with Gasteiger partial charge in [0.15, 0.2) is 0 Å². The summed E-state index contributed by atoms with van der Waals surface area (Å²) >= 11 is 0. The molecule has 1 N–H and O–H groups in total. The topological polar surface area (TPSA) is 43.3 Å². The van der Waals surface area contributed by atoms with Gasteiger partial charge in [-0.3, -0.25) is 4.57 Å². The Balaban J connectivity index is 2.05. The molecule has 1 heterocycles. The number of halogens is 7. The van der Waals surface area contributed by atoms with Gasteiger partial charge in [-0.25, -0.2) is 9.18 Å². The highest BCUT2D eigenvalue weighted by atomic mass is 19.4. The van der Waals surface area contributed by atoms with Crippen molar-refractivity contribution >= 4 is 22.6 Å². The third-order valence-corrected chi connectivity index (χ3v) is 4.93. The number of carbonyl (C=O) groups is 1. The highest BCUT2D eigenvalue weighted by Crippen LogP contribution is 2.37. The van der Waals surface area contributed by atoms with Gasteiger partial charge in [-0.2, -0.15) is 26.3 Å². The Hall–Kier alpha value is -3.50. The smallest absolute Gasteiger partial charge is 0.416 e. The van der Waals surface area contributed by atoms with E-state index in [0.717, 1.165) is 10.6 Å². The predicted octanol–water partition coefficient (Wildman–Crippen LogP) is 7.38. The van der Waals surface area contributed by atoms with Gasteiger partial charge in [-0.15, -0.1) is 0 Å². The number of alkyl halides is 6. The lowest BCUT2D eigenvalue weighted by atomic mass is 9.98. The molecule has 3 rings (SSSR count). The van der Waals surface area contributed by atoms with Crippen molar-refractivity contribution in [2.75, 3.05) is 5.32 Å². The van der Waals surface area contributed by atoms with Gasteiger partial charge in [0.1, 0.15) is 11.4 Å². The molecule has 1 amide bonds. The summed E-state index contributed by atoms with van der Waals surface area (Å²) in [6.45, 7) is 6.92. The van der Waals surface area contributed by atoms with Crippen molar-refractivity contribution in [3.8, 4) is 0 Å². The minimum Gasteiger partial charge on any atom is -0.496 e. The van der Waals surface area contributed by atoms with Crippen molar-refractivity contribution in [1.82, 2.24) is 4.57 Å². The van der Waals surface area contributed by atoms with Crippen LogP contribution in [0.15, 0.2) is 55.4 Å². The Morgan fingerprint density at radius 1 is 1.03 bits per heavy atom. The largest absolute Gasteiger partial charge is 0.496 e. The predicted molar refractivity (Wildman–Crippen MR) is 112 cm³/mol. The number of amides is 1. The Bertz CT molecular complexity index is 1210. The Labute approximate surface area is 189 Å². The monoisotopic (exact) mass is 488 g/mol. The number of hydrogen-bond donors (Lipinski definition) is 1. The van der Waals surface area contributed by atoms with Crippen LogP contribution in [0.1, 0.15) is 30.5 Å². The summed E-state index contributed by atoms with van der Waals surface area (Å²) in [7, 11) is 0. The van der Waals surface area contributed by atoms with E-state index in [9.17, 15) is 35.5 Å². The number of rotatable bonds is 5. The molecule has 0 aliphatic carbocycles. The van der Waals surface area contributed by atoms with Crippen molar-refractivity contribution in [3.63, 3.8) is 0 Å². The van der Waals surface area contributed by atoms with E-state index >= 15 is 0 Å². The van der Waals surface area contributed by atoms with Gasteiger partial charge < -0.3 is 10.1 Å². The summed E-state index contributed by atoms with van der Waals surface area (Å²) in [5.41, 5.74) is -3.97. The van der Waals surface area contributed by atoms with Crippen molar-refractivity contribution < 1.29 is 40.3 Å². The standard InChI is InChI=1S/C23H19F7N2O2/c1-4-34-21(2,3)11-13-12-32(19-6-5-16(24)10-18(13)19)20(33)31-17-8-14(22(25,26)27)7-15(9-17)23(28,29)30/h4-10,12H,1,11H2,2-3H3,(H,31,33). The van der Waals surface area contributed by atoms with E-state index in [1.54, 1.807) is 13.8 Å². The summed E-state index contributed by atoms with van der Waals surface area (Å²) in [6.07, 6.45) is -7.39. The average Bonchev–Trinajstić information content (AvgIpc) is 3.03. The van der Waals surface area contributed by atoms with E-state index in [4.69, 9.17) is 4.74 Å². The molecule has 11 heteroatoms. The SMILES string of the molecule is C=COC(C)(C)Cc1cn(C(=O)Nc2cc(C(F)(F)F)cc(C(F)(F)F)c2)c2ccc(F)cc12. The molecule has 0 atom stereocenters. The number of nitrogens with one attached hydrogen (secondary N) is 1. The molecule has 0 bridgehead atoms. The first kappa shape index (κ1) is 25.1. The zero-order valence-corrected chi connectivity index (χ0v) is 17.9. The third-order valence-electron chi connectivity index (χ3n) is 4.93. The maximum Gasteiger partial charge on any atom is 0.416 e. The fraction of sp³-hybridized carbons (Fsp3) is 0.261. The molecular weight excluding hydrogens is 469 g/mol. The van der Waals surface area contributed by atoms with Crippen molar-refractivity contribution in [2.45, 2.75) is 38.2 Å². The van der Waals surface area contributed by atoms with Crippen LogP contribution in [0, 0.1) is 5.82 Å². The molecule has 3 aromatic rings. The Kier molecular flexibility index (Phi) is 6.43. The number of ether oxygens (including phenoxy) is 1. The quantitative estimate of drug-likeness (QED) is 0.301. The zero-order valence-electron chi connectivity index (χ0n) is 17.9. The van der Waals surface area contributed by atoms with Gasteiger partial charge in [0.05, 0.1) is 22.9 Å². The van der Waals surface area contributed by atoms with Gasteiger partial charge >= 0.3 is 18.4 Å². The summed E-state index contributed by atoms with van der Waals surface area (Å²) in [5.74, 6) is -0.595. The second-order valence-corrected chi connectivity index (χ2v) is 8.13. The van der Waals surface area contributed by atoms with Crippen LogP contribution in [-0.4, -0.2) is 16.2 Å². The molecule has 0 fully saturated rings. The highest BCUT2D eigenvalue weighted by molar-refractivity contribution is 5.99. The molecule has 4 nitrogen and oxygen atoms in total. The highest BCUT2D eigenvalue weighted by Gasteiger charge is 2.37. The molecule has 0 radical (unpaired) electrons. The third kappa shape index (κ3) is 5.52. The maximum absolute atomic E-state index is 13.9. The van der Waals surface area contributed by atoms with Crippen LogP contribution >= 0.6 is 0 Å². The fourth-order valence-electron chi connectivity index (χ4n) is 3.52. The van der Waals surface area contributed by atoms with Crippen molar-refractivity contribution in [2.24, 2.45) is 0 Å². The van der Waals surface area contributed by atoms with Crippen LogP contribution in [0.2, 0.25) is 0 Å². The first-order valence-corrected chi connectivity index (χ1v) is 9.80. The molecule has 182 valence electrons. The van der Waals surface area contributed by atoms with Crippen LogP contribution < -0.4 is 5.32 Å². The van der Waals surface area contributed by atoms with Gasteiger partial charge in [0.2, 0.25) is 0 Å². The number of nitrogens with zero attached hydrogens (tertiary/aromatic N) is 1. The Morgan fingerprint density at radius 2 is 1.62 bits per heavy atom. The number of anilines is 1. The number of fused-ring (bicyclic) bond motifs is 1. The lowest BCUT2D eigenvalue weighted by molar-refractivity contribution is -0.143. The molecule has 34 heavy (non-hydrogen) atoms. The molecule has 0 aliphatic heterocycles. The maximum atomic E-state index is 13.9. The van der Waals surface area contributed by atoms with E-state index < -0.39 is 46.6 Å². The van der Waals surface area contributed by atoms with E-state index in [-0.39, 0.29) is 18.0 Å². The normalized spacial score (nSPS) is 12.6. The van der Waals surface area contributed by atoms with E-state index in [1.807, 2.05) is 0 Å². The van der Waals surface area contributed by atoms with E-state index in [0.29, 0.717) is 23.1 Å². The molecule has 0 saturated carbocycles. The first-order valence-electron chi connectivity index (χ1n) is 9.80. The lowest BCUT2D eigenvalue weighted by Gasteiger charge is -2.23. The van der Waals surface area contributed by atoms with Crippen LogP contribution in [0.5, 0.6) is 0 Å². The second kappa shape index (κ2) is 8.69. The summed E-state index contributed by atoms with van der Waals surface area (Å²) in [4.78, 5) is 12.9. The van der Waals surface area contributed by atoms with Crippen molar-refractivity contribution in [1.29, 1.82) is 0 Å². The first-order chi connectivity index (χ1) is 15.6. The molecular formula is C23H19F7N2O2. The zero-order chi connectivity index (χ0) is 25.5. The number of aromatic nitrogens is 1. The van der Waals surface area contributed by atoms with Crippen LogP contribution in [-0.2, 0) is 23.5 Å². The Morgan fingerprint density at radius 3 is 2.15 bits per heavy atom. The van der Waals surface area contributed by atoms with E-state index in [1.165, 1.54) is 24.6 Å². The fourth-order valence-corrected chi connectivity index (χ4v) is 3.52. The van der Waals surface area contributed by atoms with Gasteiger partial charge in [0, 0.05) is 23.7 Å². The number of carbonyl (C=O) groups excluding carboxylic acids is 1. The number of hydrogen-bond acceptors (Lipinski definition) is 2. The summed E-state index contributed by atoms with van der Waals surface area (Å²) in [6, 6.07) is 3.27. The molecule has 1 aromatic heterocycles. The van der Waals surface area contributed by atoms with Crippen LogP contribution in [0.25, 0.3) is 10.9 Å². The van der Waals surface area contributed by atoms with E-state index in [2.05, 4.69) is 11.9 Å². The van der Waals surface area contributed by atoms with Gasteiger partial charge in [-0.05, 0) is 55.8 Å². The minimum absolute atomic E-state index is 0.0384. The van der Waals surface area contributed by atoms with Gasteiger partial charge in [0.25, 0.3) is 0 Å².